The normalized spacial score (nSPS) is 11.3. The van der Waals surface area contributed by atoms with Crippen LogP contribution in [-0.4, -0.2) is 11.5 Å². The van der Waals surface area contributed by atoms with E-state index in [0.717, 1.165) is 16.4 Å². The lowest BCUT2D eigenvalue weighted by molar-refractivity contribution is 0.540. The Morgan fingerprint density at radius 3 is 1.88 bits per heavy atom. The lowest BCUT2D eigenvalue weighted by Crippen LogP contribution is -2.15. The minimum atomic E-state index is 1.07. The zero-order chi connectivity index (χ0) is 22.3. The number of benzene rings is 2. The lowest BCUT2D eigenvalue weighted by Gasteiger charge is -2.22. The maximum atomic E-state index is 4.83. The van der Waals surface area contributed by atoms with Gasteiger partial charge in [0.15, 0.2) is 4.34 Å². The zero-order valence-electron chi connectivity index (χ0n) is 19.8. The predicted molar refractivity (Wildman–Crippen MR) is 145 cm³/mol. The molecule has 0 bridgehead atoms. The van der Waals surface area contributed by atoms with Crippen molar-refractivity contribution in [1.29, 1.82) is 0 Å². The van der Waals surface area contributed by atoms with Gasteiger partial charge in [-0.3, -0.25) is 0 Å². The van der Waals surface area contributed by atoms with E-state index in [4.69, 9.17) is 4.98 Å². The zero-order valence-corrected chi connectivity index (χ0v) is 21.4. The number of hydrogen-bond acceptors (Lipinski definition) is 4. The summed E-state index contributed by atoms with van der Waals surface area (Å²) in [5, 5.41) is 0. The van der Waals surface area contributed by atoms with E-state index in [1.54, 1.807) is 23.3 Å². The topological polar surface area (TPSA) is 16.1 Å². The van der Waals surface area contributed by atoms with Crippen molar-refractivity contribution in [3.63, 3.8) is 0 Å². The molecule has 1 heterocycles. The fourth-order valence-corrected chi connectivity index (χ4v) is 6.24. The first kappa shape index (κ1) is 25.1. The number of nitrogens with zero attached hydrogens (tertiary/aromatic N) is 2. The Kier molecular flexibility index (Phi) is 12.0. The molecular formula is C28H40N2S2. The first-order valence-corrected chi connectivity index (χ1v) is 14.3. The quantitative estimate of drug-likeness (QED) is 0.145. The van der Waals surface area contributed by atoms with Crippen LogP contribution in [0.4, 0.5) is 5.69 Å². The van der Waals surface area contributed by atoms with Crippen molar-refractivity contribution in [1.82, 2.24) is 4.98 Å². The smallest absolute Gasteiger partial charge is 0.171 e. The van der Waals surface area contributed by atoms with Crippen LogP contribution in [-0.2, 0) is 0 Å². The van der Waals surface area contributed by atoms with E-state index < -0.39 is 0 Å². The van der Waals surface area contributed by atoms with Gasteiger partial charge >= 0.3 is 0 Å². The number of thiazole rings is 1. The average molecular weight is 469 g/mol. The molecule has 2 nitrogen and oxygen atoms in total. The van der Waals surface area contributed by atoms with Crippen molar-refractivity contribution in [3.8, 4) is 0 Å². The fraction of sp³-hybridized carbons (Fsp3) is 0.536. The Morgan fingerprint density at radius 1 is 0.688 bits per heavy atom. The van der Waals surface area contributed by atoms with Crippen molar-refractivity contribution in [2.75, 3.05) is 10.8 Å². The minimum absolute atomic E-state index is 1.07. The van der Waals surface area contributed by atoms with Crippen molar-refractivity contribution < 1.29 is 0 Å². The predicted octanol–water partition coefficient (Wildman–Crippen LogP) is 9.90. The van der Waals surface area contributed by atoms with Gasteiger partial charge in [0.2, 0.25) is 0 Å². The van der Waals surface area contributed by atoms with Crippen LogP contribution in [0.5, 0.6) is 0 Å². The van der Waals surface area contributed by atoms with Crippen molar-refractivity contribution in [2.24, 2.45) is 0 Å². The number of fused-ring (bicyclic) bond motifs is 1. The van der Waals surface area contributed by atoms with E-state index in [1.165, 1.54) is 93.9 Å². The van der Waals surface area contributed by atoms with E-state index in [2.05, 4.69) is 65.8 Å². The SMILES string of the molecule is CCCCCCCCCCCCCCCN(Sc1nc2ccccc2s1)c1ccccc1. The Morgan fingerprint density at radius 2 is 1.25 bits per heavy atom. The summed E-state index contributed by atoms with van der Waals surface area (Å²) in [6, 6.07) is 19.2. The highest BCUT2D eigenvalue weighted by Gasteiger charge is 2.12. The van der Waals surface area contributed by atoms with Gasteiger partial charge in [0.05, 0.1) is 10.2 Å². The van der Waals surface area contributed by atoms with Crippen LogP contribution in [0.1, 0.15) is 90.4 Å². The lowest BCUT2D eigenvalue weighted by atomic mass is 10.0. The van der Waals surface area contributed by atoms with Crippen LogP contribution in [0.3, 0.4) is 0 Å². The molecule has 0 aliphatic rings. The molecule has 3 aromatic rings. The van der Waals surface area contributed by atoms with Gasteiger partial charge in [0.25, 0.3) is 0 Å². The molecule has 32 heavy (non-hydrogen) atoms. The van der Waals surface area contributed by atoms with Crippen LogP contribution >= 0.6 is 23.3 Å². The molecular weight excluding hydrogens is 428 g/mol. The molecule has 1 aromatic heterocycles. The standard InChI is InChI=1S/C28H40N2S2/c1-2-3-4-5-6-7-8-9-10-11-12-13-19-24-30(25-20-15-14-16-21-25)32-28-29-26-22-17-18-23-27(26)31-28/h14-18,20-23H,2-13,19,24H2,1H3. The van der Waals surface area contributed by atoms with Gasteiger partial charge < -0.3 is 4.31 Å². The molecule has 0 saturated heterocycles. The van der Waals surface area contributed by atoms with Gasteiger partial charge in [-0.25, -0.2) is 4.98 Å². The highest BCUT2D eigenvalue weighted by molar-refractivity contribution is 8.02. The Hall–Kier alpha value is -1.52. The molecule has 0 radical (unpaired) electrons. The molecule has 4 heteroatoms. The summed E-state index contributed by atoms with van der Waals surface area (Å²) in [6.07, 6.45) is 18.1. The summed E-state index contributed by atoms with van der Waals surface area (Å²) in [5.74, 6) is 0. The fourth-order valence-electron chi connectivity index (χ4n) is 4.08. The van der Waals surface area contributed by atoms with Crippen molar-refractivity contribution in [3.05, 3.63) is 54.6 Å². The molecule has 0 unspecified atom stereocenters. The summed E-state index contributed by atoms with van der Waals surface area (Å²) >= 11 is 3.58. The molecule has 0 amide bonds. The van der Waals surface area contributed by atoms with E-state index in [1.807, 2.05) is 0 Å². The van der Waals surface area contributed by atoms with Gasteiger partial charge in [0.1, 0.15) is 0 Å². The number of para-hydroxylation sites is 2. The molecule has 174 valence electrons. The minimum Gasteiger partial charge on any atom is -0.310 e. The van der Waals surface area contributed by atoms with E-state index in [0.29, 0.717) is 0 Å². The number of hydrogen-bond donors (Lipinski definition) is 0. The highest BCUT2D eigenvalue weighted by Crippen LogP contribution is 2.34. The van der Waals surface area contributed by atoms with Gasteiger partial charge in [-0.2, -0.15) is 0 Å². The third kappa shape index (κ3) is 9.15. The number of rotatable bonds is 17. The van der Waals surface area contributed by atoms with Crippen LogP contribution in [0, 0.1) is 0 Å². The third-order valence-corrected chi connectivity index (χ3v) is 8.14. The van der Waals surface area contributed by atoms with E-state index >= 15 is 0 Å². The molecule has 3 rings (SSSR count). The molecule has 0 atom stereocenters. The Bertz CT molecular complexity index is 829. The molecule has 2 aromatic carbocycles. The van der Waals surface area contributed by atoms with Crippen molar-refractivity contribution in [2.45, 2.75) is 94.7 Å². The average Bonchev–Trinajstić information content (AvgIpc) is 3.24. The number of aromatic nitrogens is 1. The van der Waals surface area contributed by atoms with Crippen LogP contribution < -0.4 is 4.31 Å². The summed E-state index contributed by atoms with van der Waals surface area (Å²) < 4.78 is 4.82. The largest absolute Gasteiger partial charge is 0.310 e. The van der Waals surface area contributed by atoms with Gasteiger partial charge in [0, 0.05) is 24.2 Å². The molecule has 0 aliphatic carbocycles. The second kappa shape index (κ2) is 15.3. The Labute approximate surface area is 204 Å². The number of unbranched alkanes of at least 4 members (excludes halogenated alkanes) is 12. The molecule has 0 N–H and O–H groups in total. The van der Waals surface area contributed by atoms with Crippen LogP contribution in [0.2, 0.25) is 0 Å². The monoisotopic (exact) mass is 468 g/mol. The van der Waals surface area contributed by atoms with E-state index in [9.17, 15) is 0 Å². The summed E-state index contributed by atoms with van der Waals surface area (Å²) in [6.45, 7) is 3.36. The summed E-state index contributed by atoms with van der Waals surface area (Å²) in [7, 11) is 0. The summed E-state index contributed by atoms with van der Waals surface area (Å²) in [5.41, 5.74) is 2.38. The van der Waals surface area contributed by atoms with Crippen molar-refractivity contribution >= 4 is 39.2 Å². The third-order valence-electron chi connectivity index (χ3n) is 5.97. The molecule has 0 spiro atoms. The number of anilines is 1. The maximum Gasteiger partial charge on any atom is 0.171 e. The molecule has 0 saturated carbocycles. The first-order chi connectivity index (χ1) is 15.9. The maximum absolute atomic E-state index is 4.83. The first-order valence-electron chi connectivity index (χ1n) is 12.7. The Balaban J connectivity index is 1.33. The second-order valence-electron chi connectivity index (χ2n) is 8.72. The molecule has 0 aliphatic heterocycles. The second-order valence-corrected chi connectivity index (χ2v) is 11.0. The highest BCUT2D eigenvalue weighted by atomic mass is 32.2. The van der Waals surface area contributed by atoms with Crippen LogP contribution in [0.25, 0.3) is 10.2 Å². The van der Waals surface area contributed by atoms with E-state index in [-0.39, 0.29) is 0 Å². The van der Waals surface area contributed by atoms with Gasteiger partial charge in [-0.1, -0.05) is 114 Å². The van der Waals surface area contributed by atoms with Crippen LogP contribution in [0.15, 0.2) is 58.9 Å². The van der Waals surface area contributed by atoms with Gasteiger partial charge in [-0.05, 0) is 30.7 Å². The van der Waals surface area contributed by atoms with Gasteiger partial charge in [-0.15, -0.1) is 11.3 Å². The molecule has 0 fully saturated rings. The summed E-state index contributed by atoms with van der Waals surface area (Å²) in [4.78, 5) is 4.83.